The second kappa shape index (κ2) is 14.6. The highest BCUT2D eigenvalue weighted by Gasteiger charge is 2.15. The molecule has 0 aliphatic rings. The quantitative estimate of drug-likeness (QED) is 0.639. The Hall–Kier alpha value is -1.40. The van der Waals surface area contributed by atoms with Gasteiger partial charge < -0.3 is 10.2 Å². The van der Waals surface area contributed by atoms with E-state index < -0.39 is 0 Å². The molecule has 1 N–H and O–H groups in total. The number of pyridine rings is 2. The van der Waals surface area contributed by atoms with Crippen LogP contribution in [-0.2, 0) is 17.9 Å². The Labute approximate surface area is 180 Å². The van der Waals surface area contributed by atoms with Gasteiger partial charge in [0.2, 0.25) is 5.91 Å². The Morgan fingerprint density at radius 1 is 0.926 bits per heavy atom. The fraction of sp³-hybridized carbons (Fsp3) is 0.421. The maximum Gasteiger partial charge on any atom is 0.223 e. The van der Waals surface area contributed by atoms with Crippen LogP contribution in [0.3, 0.4) is 0 Å². The molecule has 0 aromatic carbocycles. The lowest BCUT2D eigenvalue weighted by Crippen LogP contribution is -2.31. The van der Waals surface area contributed by atoms with E-state index in [-0.39, 0.29) is 43.1 Å². The SMILES string of the molecule is CNCCCC(=O)N(Cc1cccc(C)n1)Cc1cccc(C)n1.Cl.Cl.Cl. The van der Waals surface area contributed by atoms with Gasteiger partial charge in [-0.3, -0.25) is 14.8 Å². The minimum atomic E-state index is 0. The molecule has 0 spiro atoms. The Morgan fingerprint density at radius 3 is 1.81 bits per heavy atom. The van der Waals surface area contributed by atoms with E-state index >= 15 is 0 Å². The Bertz CT molecular complexity index is 638. The number of carbonyl (C=O) groups is 1. The summed E-state index contributed by atoms with van der Waals surface area (Å²) in [7, 11) is 1.90. The molecule has 0 fully saturated rings. The van der Waals surface area contributed by atoms with Gasteiger partial charge in [0.25, 0.3) is 0 Å². The van der Waals surface area contributed by atoms with E-state index in [0.29, 0.717) is 19.5 Å². The molecule has 8 heteroatoms. The average molecular weight is 436 g/mol. The molecule has 0 radical (unpaired) electrons. The van der Waals surface area contributed by atoms with E-state index in [1.54, 1.807) is 0 Å². The van der Waals surface area contributed by atoms with Gasteiger partial charge in [0.05, 0.1) is 24.5 Å². The highest BCUT2D eigenvalue weighted by molar-refractivity contribution is 5.86. The van der Waals surface area contributed by atoms with Crippen molar-refractivity contribution >= 4 is 43.1 Å². The highest BCUT2D eigenvalue weighted by atomic mass is 35.5. The summed E-state index contributed by atoms with van der Waals surface area (Å²) in [4.78, 5) is 23.5. The number of hydrogen-bond donors (Lipinski definition) is 1. The van der Waals surface area contributed by atoms with Crippen LogP contribution in [0.2, 0.25) is 0 Å². The van der Waals surface area contributed by atoms with Crippen molar-refractivity contribution in [2.45, 2.75) is 39.8 Å². The largest absolute Gasteiger partial charge is 0.331 e. The van der Waals surface area contributed by atoms with Gasteiger partial charge >= 0.3 is 0 Å². The van der Waals surface area contributed by atoms with E-state index in [9.17, 15) is 4.79 Å². The standard InChI is InChI=1S/C19H26N4O.3ClH/c1-15-7-4-9-17(21-15)13-23(19(24)11-6-12-20-3)14-18-10-5-8-16(2)22-18;;;/h4-5,7-10,20H,6,11-14H2,1-3H3;3*1H. The van der Waals surface area contributed by atoms with Crippen LogP contribution in [0.4, 0.5) is 0 Å². The second-order valence-electron chi connectivity index (χ2n) is 6.00. The minimum absolute atomic E-state index is 0. The molecule has 2 heterocycles. The van der Waals surface area contributed by atoms with Crippen LogP contribution < -0.4 is 5.32 Å². The predicted molar refractivity (Wildman–Crippen MR) is 117 cm³/mol. The van der Waals surface area contributed by atoms with Crippen molar-refractivity contribution in [2.75, 3.05) is 13.6 Å². The number of aryl methyl sites for hydroxylation is 2. The maximum absolute atomic E-state index is 12.6. The van der Waals surface area contributed by atoms with Crippen molar-refractivity contribution in [3.8, 4) is 0 Å². The minimum Gasteiger partial charge on any atom is -0.331 e. The van der Waals surface area contributed by atoms with Gasteiger partial charge in [-0.05, 0) is 58.1 Å². The summed E-state index contributed by atoms with van der Waals surface area (Å²) in [6.07, 6.45) is 1.35. The number of amides is 1. The summed E-state index contributed by atoms with van der Waals surface area (Å²) in [5.74, 6) is 0.136. The van der Waals surface area contributed by atoms with Crippen molar-refractivity contribution in [1.82, 2.24) is 20.2 Å². The molecular weight excluding hydrogens is 407 g/mol. The van der Waals surface area contributed by atoms with Gasteiger partial charge in [-0.15, -0.1) is 37.2 Å². The first-order valence-corrected chi connectivity index (χ1v) is 8.36. The van der Waals surface area contributed by atoms with Gasteiger partial charge in [-0.25, -0.2) is 0 Å². The summed E-state index contributed by atoms with van der Waals surface area (Å²) in [6, 6.07) is 11.8. The van der Waals surface area contributed by atoms with Crippen molar-refractivity contribution in [3.05, 3.63) is 59.2 Å². The molecule has 152 valence electrons. The predicted octanol–water partition coefficient (Wildman–Crippen LogP) is 3.89. The molecule has 0 bridgehead atoms. The van der Waals surface area contributed by atoms with E-state index in [1.807, 2.05) is 62.2 Å². The number of carbonyl (C=O) groups excluding carboxylic acids is 1. The lowest BCUT2D eigenvalue weighted by atomic mass is 10.2. The van der Waals surface area contributed by atoms with E-state index in [2.05, 4.69) is 15.3 Å². The first-order valence-electron chi connectivity index (χ1n) is 8.36. The summed E-state index contributed by atoms with van der Waals surface area (Å²) in [6.45, 7) is 5.78. The summed E-state index contributed by atoms with van der Waals surface area (Å²) in [5.41, 5.74) is 3.74. The van der Waals surface area contributed by atoms with Crippen molar-refractivity contribution in [3.63, 3.8) is 0 Å². The Balaban J connectivity index is 0. The molecule has 27 heavy (non-hydrogen) atoms. The topological polar surface area (TPSA) is 58.1 Å². The number of halogens is 3. The van der Waals surface area contributed by atoms with Crippen molar-refractivity contribution < 1.29 is 4.79 Å². The number of nitrogens with one attached hydrogen (secondary N) is 1. The summed E-state index contributed by atoms with van der Waals surface area (Å²) >= 11 is 0. The lowest BCUT2D eigenvalue weighted by Gasteiger charge is -2.22. The molecule has 2 rings (SSSR count). The number of aromatic nitrogens is 2. The molecule has 0 aliphatic heterocycles. The van der Waals surface area contributed by atoms with Crippen LogP contribution in [0.1, 0.15) is 35.6 Å². The number of hydrogen-bond acceptors (Lipinski definition) is 4. The molecule has 0 atom stereocenters. The lowest BCUT2D eigenvalue weighted by molar-refractivity contribution is -0.132. The summed E-state index contributed by atoms with van der Waals surface area (Å²) < 4.78 is 0. The van der Waals surface area contributed by atoms with E-state index in [1.165, 1.54) is 0 Å². The smallest absolute Gasteiger partial charge is 0.223 e. The van der Waals surface area contributed by atoms with Crippen LogP contribution >= 0.6 is 37.2 Å². The molecular formula is C19H29Cl3N4O. The summed E-state index contributed by atoms with van der Waals surface area (Å²) in [5, 5.41) is 3.08. The van der Waals surface area contributed by atoms with Crippen molar-refractivity contribution in [1.29, 1.82) is 0 Å². The van der Waals surface area contributed by atoms with Gasteiger partial charge in [0.15, 0.2) is 0 Å². The Morgan fingerprint density at radius 2 is 1.41 bits per heavy atom. The highest BCUT2D eigenvalue weighted by Crippen LogP contribution is 2.11. The van der Waals surface area contributed by atoms with Gasteiger partial charge in [0.1, 0.15) is 0 Å². The number of rotatable bonds is 8. The zero-order valence-electron chi connectivity index (χ0n) is 16.0. The fourth-order valence-electron chi connectivity index (χ4n) is 2.57. The van der Waals surface area contributed by atoms with E-state index in [4.69, 9.17) is 0 Å². The van der Waals surface area contributed by atoms with Gasteiger partial charge in [0, 0.05) is 17.8 Å². The molecule has 0 saturated heterocycles. The zero-order valence-corrected chi connectivity index (χ0v) is 18.4. The molecule has 0 saturated carbocycles. The third-order valence-corrected chi connectivity index (χ3v) is 3.77. The van der Waals surface area contributed by atoms with Gasteiger partial charge in [-0.1, -0.05) is 12.1 Å². The maximum atomic E-state index is 12.6. The van der Waals surface area contributed by atoms with Crippen LogP contribution in [0, 0.1) is 13.8 Å². The van der Waals surface area contributed by atoms with Crippen LogP contribution in [-0.4, -0.2) is 34.4 Å². The van der Waals surface area contributed by atoms with Crippen molar-refractivity contribution in [2.24, 2.45) is 0 Å². The molecule has 0 aliphatic carbocycles. The third-order valence-electron chi connectivity index (χ3n) is 3.77. The van der Waals surface area contributed by atoms with Crippen LogP contribution in [0.25, 0.3) is 0 Å². The monoisotopic (exact) mass is 434 g/mol. The van der Waals surface area contributed by atoms with Gasteiger partial charge in [-0.2, -0.15) is 0 Å². The first kappa shape index (κ1) is 27.8. The molecule has 0 unspecified atom stereocenters. The molecule has 1 amide bonds. The normalized spacial score (nSPS) is 9.44. The second-order valence-corrected chi connectivity index (χ2v) is 6.00. The molecule has 2 aromatic heterocycles. The third kappa shape index (κ3) is 9.91. The van der Waals surface area contributed by atoms with Crippen LogP contribution in [0.15, 0.2) is 36.4 Å². The van der Waals surface area contributed by atoms with Crippen LogP contribution in [0.5, 0.6) is 0 Å². The fourth-order valence-corrected chi connectivity index (χ4v) is 2.57. The molecule has 2 aromatic rings. The van der Waals surface area contributed by atoms with E-state index in [0.717, 1.165) is 35.7 Å². The molecule has 5 nitrogen and oxygen atoms in total. The Kier molecular flexibility index (Phi) is 15.1. The number of nitrogens with zero attached hydrogens (tertiary/aromatic N) is 3. The average Bonchev–Trinajstić information content (AvgIpc) is 2.54. The first-order chi connectivity index (χ1) is 11.6. The zero-order chi connectivity index (χ0) is 17.4.